The maximum absolute atomic E-state index is 10.9. The number of hydrogen-bond acceptors (Lipinski definition) is 7. The SMILES string of the molecule is N#Cc1ccc(Cl)cc1Nc1cc([N+](=O)[O-])cc(NN)n1. The van der Waals surface area contributed by atoms with Gasteiger partial charge in [0.1, 0.15) is 17.7 Å². The van der Waals surface area contributed by atoms with Crippen molar-refractivity contribution in [3.63, 3.8) is 0 Å². The first-order valence-corrected chi connectivity index (χ1v) is 6.01. The van der Waals surface area contributed by atoms with Gasteiger partial charge in [0.15, 0.2) is 0 Å². The maximum Gasteiger partial charge on any atom is 0.276 e. The van der Waals surface area contributed by atoms with Gasteiger partial charge >= 0.3 is 0 Å². The van der Waals surface area contributed by atoms with Gasteiger partial charge in [-0.1, -0.05) is 11.6 Å². The summed E-state index contributed by atoms with van der Waals surface area (Å²) in [5, 5.41) is 23.1. The fourth-order valence-electron chi connectivity index (χ4n) is 1.61. The van der Waals surface area contributed by atoms with E-state index in [1.165, 1.54) is 24.3 Å². The molecular weight excluding hydrogens is 296 g/mol. The van der Waals surface area contributed by atoms with Crippen LogP contribution in [0.2, 0.25) is 5.02 Å². The fraction of sp³-hybridized carbons (Fsp3) is 0. The molecule has 1 heterocycles. The molecule has 0 fully saturated rings. The number of nitrogens with two attached hydrogens (primary N) is 1. The van der Waals surface area contributed by atoms with Gasteiger partial charge in [-0.05, 0) is 18.2 Å². The van der Waals surface area contributed by atoms with E-state index in [1.807, 2.05) is 6.07 Å². The smallest absolute Gasteiger partial charge is 0.276 e. The standard InChI is InChI=1S/C12H9ClN6O2/c13-8-2-1-7(6-14)10(3-8)16-11-4-9(19(20)21)5-12(17-11)18-15/h1-5H,15H2,(H2,16,17,18). The molecule has 0 amide bonds. The lowest BCUT2D eigenvalue weighted by Gasteiger charge is -2.09. The molecular formula is C12H9ClN6O2. The second-order valence-corrected chi connectivity index (χ2v) is 4.36. The van der Waals surface area contributed by atoms with Crippen LogP contribution < -0.4 is 16.6 Å². The van der Waals surface area contributed by atoms with Crippen LogP contribution in [-0.4, -0.2) is 9.91 Å². The van der Waals surface area contributed by atoms with E-state index < -0.39 is 4.92 Å². The van der Waals surface area contributed by atoms with Gasteiger partial charge in [0.2, 0.25) is 0 Å². The average molecular weight is 305 g/mol. The highest BCUT2D eigenvalue weighted by molar-refractivity contribution is 6.30. The normalized spacial score (nSPS) is 9.76. The van der Waals surface area contributed by atoms with Crippen LogP contribution in [0.1, 0.15) is 5.56 Å². The number of pyridine rings is 1. The van der Waals surface area contributed by atoms with E-state index in [4.69, 9.17) is 22.7 Å². The van der Waals surface area contributed by atoms with Gasteiger partial charge in [-0.3, -0.25) is 10.1 Å². The van der Waals surface area contributed by atoms with Gasteiger partial charge in [0.05, 0.1) is 28.3 Å². The molecule has 0 aliphatic carbocycles. The summed E-state index contributed by atoms with van der Waals surface area (Å²) in [6.45, 7) is 0. The number of hydrazine groups is 1. The van der Waals surface area contributed by atoms with Crippen molar-refractivity contribution in [3.8, 4) is 6.07 Å². The predicted molar refractivity (Wildman–Crippen MR) is 78.2 cm³/mol. The third-order valence-corrected chi connectivity index (χ3v) is 2.77. The number of nitriles is 1. The van der Waals surface area contributed by atoms with E-state index in [-0.39, 0.29) is 17.3 Å². The van der Waals surface area contributed by atoms with Crippen molar-refractivity contribution in [2.75, 3.05) is 10.7 Å². The number of aromatic nitrogens is 1. The molecule has 0 radical (unpaired) electrons. The minimum Gasteiger partial charge on any atom is -0.339 e. The van der Waals surface area contributed by atoms with Gasteiger partial charge in [-0.2, -0.15) is 5.26 Å². The maximum atomic E-state index is 10.9. The Morgan fingerprint density at radius 3 is 2.67 bits per heavy atom. The number of anilines is 3. The van der Waals surface area contributed by atoms with Gasteiger partial charge in [-0.25, -0.2) is 10.8 Å². The Morgan fingerprint density at radius 1 is 1.33 bits per heavy atom. The summed E-state index contributed by atoms with van der Waals surface area (Å²) in [6.07, 6.45) is 0. The zero-order valence-corrected chi connectivity index (χ0v) is 11.3. The quantitative estimate of drug-likeness (QED) is 0.449. The molecule has 0 bridgehead atoms. The third-order valence-electron chi connectivity index (χ3n) is 2.53. The number of nitro groups is 1. The van der Waals surface area contributed by atoms with Crippen LogP contribution in [0.5, 0.6) is 0 Å². The Bertz CT molecular complexity index is 743. The summed E-state index contributed by atoms with van der Waals surface area (Å²) in [4.78, 5) is 14.3. The number of hydrogen-bond donors (Lipinski definition) is 3. The predicted octanol–water partition coefficient (Wildman–Crippen LogP) is 2.54. The second kappa shape index (κ2) is 6.04. The highest BCUT2D eigenvalue weighted by Crippen LogP contribution is 2.26. The highest BCUT2D eigenvalue weighted by Gasteiger charge is 2.12. The number of benzene rings is 1. The molecule has 0 saturated carbocycles. The van der Waals surface area contributed by atoms with Crippen molar-refractivity contribution in [2.45, 2.75) is 0 Å². The van der Waals surface area contributed by atoms with E-state index in [9.17, 15) is 10.1 Å². The molecule has 106 valence electrons. The molecule has 8 nitrogen and oxygen atoms in total. The molecule has 0 aliphatic rings. The van der Waals surface area contributed by atoms with Crippen LogP contribution in [0.4, 0.5) is 23.0 Å². The zero-order valence-electron chi connectivity index (χ0n) is 10.5. The molecule has 2 aromatic rings. The first-order valence-electron chi connectivity index (χ1n) is 5.63. The van der Waals surface area contributed by atoms with E-state index in [2.05, 4.69) is 15.7 Å². The molecule has 9 heteroatoms. The first kappa shape index (κ1) is 14.5. The monoisotopic (exact) mass is 304 g/mol. The molecule has 21 heavy (non-hydrogen) atoms. The summed E-state index contributed by atoms with van der Waals surface area (Å²) in [6, 6.07) is 9.02. The Balaban J connectivity index is 2.44. The van der Waals surface area contributed by atoms with E-state index >= 15 is 0 Å². The number of halogens is 1. The lowest BCUT2D eigenvalue weighted by molar-refractivity contribution is -0.384. The Kier molecular flexibility index (Phi) is 4.18. The van der Waals surface area contributed by atoms with Crippen molar-refractivity contribution in [1.29, 1.82) is 5.26 Å². The van der Waals surface area contributed by atoms with Crippen LogP contribution in [0, 0.1) is 21.4 Å². The lowest BCUT2D eigenvalue weighted by atomic mass is 10.2. The molecule has 1 aromatic carbocycles. The third kappa shape index (κ3) is 3.36. The van der Waals surface area contributed by atoms with Crippen LogP contribution in [0.15, 0.2) is 30.3 Å². The van der Waals surface area contributed by atoms with E-state index in [0.717, 1.165) is 0 Å². The molecule has 0 atom stereocenters. The number of nitrogens with one attached hydrogen (secondary N) is 2. The molecule has 4 N–H and O–H groups in total. The summed E-state index contributed by atoms with van der Waals surface area (Å²) < 4.78 is 0. The largest absolute Gasteiger partial charge is 0.339 e. The lowest BCUT2D eigenvalue weighted by Crippen LogP contribution is -2.10. The fourth-order valence-corrected chi connectivity index (χ4v) is 1.79. The Morgan fingerprint density at radius 2 is 2.05 bits per heavy atom. The Labute approximate surface area is 124 Å². The molecule has 0 aliphatic heterocycles. The van der Waals surface area contributed by atoms with Gasteiger partial charge in [0.25, 0.3) is 5.69 Å². The van der Waals surface area contributed by atoms with E-state index in [1.54, 1.807) is 6.07 Å². The summed E-state index contributed by atoms with van der Waals surface area (Å²) >= 11 is 5.87. The molecule has 2 rings (SSSR count). The average Bonchev–Trinajstić information content (AvgIpc) is 2.47. The summed E-state index contributed by atoms with van der Waals surface area (Å²) in [7, 11) is 0. The van der Waals surface area contributed by atoms with Gasteiger partial charge in [0, 0.05) is 5.02 Å². The molecule has 1 aromatic heterocycles. The minimum atomic E-state index is -0.573. The van der Waals surface area contributed by atoms with Crippen molar-refractivity contribution >= 4 is 34.6 Å². The van der Waals surface area contributed by atoms with Crippen molar-refractivity contribution in [1.82, 2.24) is 4.98 Å². The summed E-state index contributed by atoms with van der Waals surface area (Å²) in [5.41, 5.74) is 2.77. The molecule has 0 unspecified atom stereocenters. The first-order chi connectivity index (χ1) is 10.0. The summed E-state index contributed by atoms with van der Waals surface area (Å²) in [5.74, 6) is 5.51. The number of nitrogen functional groups attached to an aromatic ring is 1. The van der Waals surface area contributed by atoms with E-state index in [0.29, 0.717) is 16.3 Å². The topological polar surface area (TPSA) is 130 Å². The minimum absolute atomic E-state index is 0.118. The van der Waals surface area contributed by atoms with Crippen LogP contribution >= 0.6 is 11.6 Å². The number of nitrogens with zero attached hydrogens (tertiary/aromatic N) is 3. The molecule has 0 saturated heterocycles. The second-order valence-electron chi connectivity index (χ2n) is 3.92. The zero-order chi connectivity index (χ0) is 15.4. The van der Waals surface area contributed by atoms with Crippen molar-refractivity contribution in [3.05, 3.63) is 51.0 Å². The Hall–Kier alpha value is -2.89. The van der Waals surface area contributed by atoms with Gasteiger partial charge in [-0.15, -0.1) is 0 Å². The highest BCUT2D eigenvalue weighted by atomic mass is 35.5. The number of rotatable bonds is 4. The van der Waals surface area contributed by atoms with Crippen molar-refractivity contribution < 1.29 is 4.92 Å². The van der Waals surface area contributed by atoms with Gasteiger partial charge < -0.3 is 10.7 Å². The van der Waals surface area contributed by atoms with Crippen LogP contribution in [0.3, 0.4) is 0 Å². The molecule has 0 spiro atoms. The van der Waals surface area contributed by atoms with Crippen molar-refractivity contribution in [2.24, 2.45) is 5.84 Å². The van der Waals surface area contributed by atoms with Crippen LogP contribution in [-0.2, 0) is 0 Å². The van der Waals surface area contributed by atoms with Crippen LogP contribution in [0.25, 0.3) is 0 Å².